The molecule has 140 valence electrons. The Morgan fingerprint density at radius 2 is 2.04 bits per heavy atom. The highest BCUT2D eigenvalue weighted by atomic mass is 16.5. The van der Waals surface area contributed by atoms with Crippen LogP contribution in [0.5, 0.6) is 0 Å². The van der Waals surface area contributed by atoms with Gasteiger partial charge in [-0.1, -0.05) is 19.1 Å². The van der Waals surface area contributed by atoms with E-state index in [4.69, 9.17) is 4.74 Å². The van der Waals surface area contributed by atoms with E-state index in [0.717, 1.165) is 51.4 Å². The van der Waals surface area contributed by atoms with Gasteiger partial charge in [-0.2, -0.15) is 0 Å². The summed E-state index contributed by atoms with van der Waals surface area (Å²) >= 11 is 0. The molecule has 0 aromatic carbocycles. The molecule has 2 fully saturated rings. The molecule has 2 amide bonds. The maximum Gasteiger partial charge on any atom is 0.226 e. The molecule has 0 aromatic rings. The van der Waals surface area contributed by atoms with Crippen molar-refractivity contribution in [1.29, 1.82) is 0 Å². The lowest BCUT2D eigenvalue weighted by atomic mass is 9.75. The number of ether oxygens (including phenoxy) is 1. The summed E-state index contributed by atoms with van der Waals surface area (Å²) < 4.78 is 5.18. The van der Waals surface area contributed by atoms with Gasteiger partial charge in [-0.15, -0.1) is 0 Å². The van der Waals surface area contributed by atoms with Crippen molar-refractivity contribution in [3.05, 3.63) is 12.2 Å². The largest absolute Gasteiger partial charge is 0.383 e. The third-order valence-corrected chi connectivity index (χ3v) is 6.59. The quantitative estimate of drug-likeness (QED) is 0.777. The van der Waals surface area contributed by atoms with Crippen molar-refractivity contribution in [2.75, 3.05) is 20.3 Å². The van der Waals surface area contributed by atoms with Crippen molar-refractivity contribution in [3.8, 4) is 0 Å². The van der Waals surface area contributed by atoms with Crippen LogP contribution in [0.2, 0.25) is 0 Å². The molecule has 1 atom stereocenters. The van der Waals surface area contributed by atoms with Crippen LogP contribution in [-0.4, -0.2) is 48.6 Å². The first-order chi connectivity index (χ1) is 12.0. The molecule has 0 bridgehead atoms. The van der Waals surface area contributed by atoms with Crippen molar-refractivity contribution in [3.63, 3.8) is 0 Å². The molecule has 1 N–H and O–H groups in total. The second-order valence-corrected chi connectivity index (χ2v) is 8.29. The molecule has 0 aromatic heterocycles. The van der Waals surface area contributed by atoms with E-state index in [9.17, 15) is 9.59 Å². The van der Waals surface area contributed by atoms with E-state index in [1.807, 2.05) is 0 Å². The molecule has 1 saturated heterocycles. The summed E-state index contributed by atoms with van der Waals surface area (Å²) in [4.78, 5) is 27.0. The Labute approximate surface area is 151 Å². The number of methoxy groups -OCH3 is 1. The monoisotopic (exact) mass is 348 g/mol. The van der Waals surface area contributed by atoms with Gasteiger partial charge in [0.05, 0.1) is 12.0 Å². The van der Waals surface area contributed by atoms with Gasteiger partial charge in [0.15, 0.2) is 0 Å². The number of hydrogen-bond acceptors (Lipinski definition) is 3. The lowest BCUT2D eigenvalue weighted by molar-refractivity contribution is -0.135. The Balaban J connectivity index is 1.55. The predicted molar refractivity (Wildman–Crippen MR) is 97.1 cm³/mol. The molecule has 1 heterocycles. The minimum atomic E-state index is -0.252. The number of hydrogen-bond donors (Lipinski definition) is 1. The third kappa shape index (κ3) is 3.76. The average Bonchev–Trinajstić information content (AvgIpc) is 2.91. The van der Waals surface area contributed by atoms with E-state index in [1.165, 1.54) is 0 Å². The minimum Gasteiger partial charge on any atom is -0.383 e. The minimum absolute atomic E-state index is 0.00825. The molecule has 25 heavy (non-hydrogen) atoms. The summed E-state index contributed by atoms with van der Waals surface area (Å²) in [6, 6.07) is 0.251. The highest BCUT2D eigenvalue weighted by Gasteiger charge is 2.47. The molecule has 5 nitrogen and oxygen atoms in total. The van der Waals surface area contributed by atoms with E-state index in [1.54, 1.807) is 7.11 Å². The zero-order valence-electron chi connectivity index (χ0n) is 15.7. The highest BCUT2D eigenvalue weighted by Crippen LogP contribution is 2.42. The number of rotatable bonds is 5. The first-order valence-corrected chi connectivity index (χ1v) is 9.74. The van der Waals surface area contributed by atoms with Crippen LogP contribution in [0, 0.1) is 5.41 Å². The number of nitrogens with one attached hydrogen (secondary N) is 1. The van der Waals surface area contributed by atoms with Gasteiger partial charge in [0.2, 0.25) is 11.8 Å². The van der Waals surface area contributed by atoms with E-state index in [0.29, 0.717) is 19.6 Å². The van der Waals surface area contributed by atoms with Gasteiger partial charge in [0.1, 0.15) is 0 Å². The molecule has 1 saturated carbocycles. The van der Waals surface area contributed by atoms with Crippen LogP contribution in [0.1, 0.15) is 64.7 Å². The molecule has 1 aliphatic heterocycles. The van der Waals surface area contributed by atoms with E-state index in [-0.39, 0.29) is 28.8 Å². The number of carbonyl (C=O) groups excluding carboxylic acids is 2. The van der Waals surface area contributed by atoms with Gasteiger partial charge in [0, 0.05) is 31.7 Å². The molecular formula is C20H32N2O3. The number of carbonyl (C=O) groups is 2. The number of allylic oxidation sites excluding steroid dienone is 2. The summed E-state index contributed by atoms with van der Waals surface area (Å²) in [6.45, 7) is 3.37. The lowest BCUT2D eigenvalue weighted by Gasteiger charge is -2.44. The Morgan fingerprint density at radius 1 is 1.28 bits per heavy atom. The first-order valence-electron chi connectivity index (χ1n) is 9.74. The first kappa shape index (κ1) is 18.4. The van der Waals surface area contributed by atoms with Gasteiger partial charge in [-0.3, -0.25) is 9.59 Å². The van der Waals surface area contributed by atoms with E-state index >= 15 is 0 Å². The summed E-state index contributed by atoms with van der Waals surface area (Å²) in [5, 5.41) is 3.30. The fraction of sp³-hybridized carbons (Fsp3) is 0.800. The summed E-state index contributed by atoms with van der Waals surface area (Å²) in [6.07, 6.45) is 12.6. The van der Waals surface area contributed by atoms with Crippen molar-refractivity contribution in [2.24, 2.45) is 5.41 Å². The molecule has 1 unspecified atom stereocenters. The van der Waals surface area contributed by atoms with Gasteiger partial charge >= 0.3 is 0 Å². The van der Waals surface area contributed by atoms with E-state index in [2.05, 4.69) is 29.3 Å². The van der Waals surface area contributed by atoms with Crippen molar-refractivity contribution in [2.45, 2.75) is 76.3 Å². The second-order valence-electron chi connectivity index (χ2n) is 8.29. The standard InChI is InChI=1S/C20H32N2O3/c1-19(9-4-3-5-10-19)18(24)21-16-6-11-20(12-7-16)13-8-17(23)22(20)14-15-25-2/h3-4,16H,5-15H2,1-2H3,(H,21,24). The Bertz CT molecular complexity index is 537. The number of likely N-dealkylation sites (tertiary alicyclic amines) is 1. The fourth-order valence-corrected chi connectivity index (χ4v) is 4.77. The predicted octanol–water partition coefficient (Wildman–Crippen LogP) is 2.80. The molecule has 0 radical (unpaired) electrons. The molecule has 3 rings (SSSR count). The normalized spacial score (nSPS) is 35.4. The average molecular weight is 348 g/mol. The van der Waals surface area contributed by atoms with Crippen LogP contribution >= 0.6 is 0 Å². The van der Waals surface area contributed by atoms with Crippen molar-refractivity contribution >= 4 is 11.8 Å². The number of amides is 2. The van der Waals surface area contributed by atoms with Crippen LogP contribution < -0.4 is 5.32 Å². The Hall–Kier alpha value is -1.36. The van der Waals surface area contributed by atoms with E-state index < -0.39 is 0 Å². The van der Waals surface area contributed by atoms with Gasteiger partial charge in [-0.25, -0.2) is 0 Å². The fourth-order valence-electron chi connectivity index (χ4n) is 4.77. The zero-order chi connectivity index (χ0) is 17.9. The lowest BCUT2D eigenvalue weighted by Crippen LogP contribution is -2.53. The van der Waals surface area contributed by atoms with Crippen molar-refractivity contribution < 1.29 is 14.3 Å². The summed E-state index contributed by atoms with van der Waals surface area (Å²) in [5.74, 6) is 0.470. The topological polar surface area (TPSA) is 58.6 Å². The molecule has 5 heteroatoms. The van der Waals surface area contributed by atoms with Crippen LogP contribution in [-0.2, 0) is 14.3 Å². The summed E-state index contributed by atoms with van der Waals surface area (Å²) in [7, 11) is 1.68. The van der Waals surface area contributed by atoms with Gasteiger partial charge in [-0.05, 0) is 51.4 Å². The SMILES string of the molecule is COCCN1C(=O)CCC12CCC(NC(=O)C1(C)CC=CCC1)CC2. The van der Waals surface area contributed by atoms with Crippen LogP contribution in [0.15, 0.2) is 12.2 Å². The highest BCUT2D eigenvalue weighted by molar-refractivity contribution is 5.83. The van der Waals surface area contributed by atoms with Crippen molar-refractivity contribution in [1.82, 2.24) is 10.2 Å². The van der Waals surface area contributed by atoms with Crippen LogP contribution in [0.25, 0.3) is 0 Å². The number of nitrogens with zero attached hydrogens (tertiary/aromatic N) is 1. The van der Waals surface area contributed by atoms with Crippen LogP contribution in [0.4, 0.5) is 0 Å². The van der Waals surface area contributed by atoms with Gasteiger partial charge < -0.3 is 15.0 Å². The Morgan fingerprint density at radius 3 is 2.68 bits per heavy atom. The molecular weight excluding hydrogens is 316 g/mol. The smallest absolute Gasteiger partial charge is 0.226 e. The zero-order valence-corrected chi connectivity index (χ0v) is 15.7. The molecule has 3 aliphatic rings. The Kier molecular flexibility index (Phi) is 5.52. The summed E-state index contributed by atoms with van der Waals surface area (Å²) in [5.41, 5.74) is -0.244. The maximum absolute atomic E-state index is 12.7. The molecule has 1 spiro atoms. The maximum atomic E-state index is 12.7. The second kappa shape index (κ2) is 7.48. The third-order valence-electron chi connectivity index (χ3n) is 6.59. The molecule has 2 aliphatic carbocycles. The van der Waals surface area contributed by atoms with Crippen LogP contribution in [0.3, 0.4) is 0 Å². The van der Waals surface area contributed by atoms with Gasteiger partial charge in [0.25, 0.3) is 0 Å².